The van der Waals surface area contributed by atoms with Crippen LogP contribution in [0.4, 0.5) is 5.69 Å². The second kappa shape index (κ2) is 10.8. The van der Waals surface area contributed by atoms with Crippen LogP contribution in [0.5, 0.6) is 0 Å². The highest BCUT2D eigenvalue weighted by atomic mass is 32.2. The van der Waals surface area contributed by atoms with Gasteiger partial charge in [0.05, 0.1) is 10.6 Å². The Balaban J connectivity index is 1.52. The number of piperidine rings is 1. The fourth-order valence-electron chi connectivity index (χ4n) is 4.11. The molecule has 7 heteroatoms. The van der Waals surface area contributed by atoms with Crippen LogP contribution in [0.25, 0.3) is 0 Å². The molecule has 0 aliphatic carbocycles. The van der Waals surface area contributed by atoms with Gasteiger partial charge in [0, 0.05) is 31.7 Å². The summed E-state index contributed by atoms with van der Waals surface area (Å²) < 4.78 is 26.7. The van der Waals surface area contributed by atoms with Crippen molar-refractivity contribution in [3.05, 3.63) is 60.2 Å². The number of anilines is 1. The van der Waals surface area contributed by atoms with Gasteiger partial charge in [-0.3, -0.25) is 9.10 Å². The molecule has 2 aromatic rings. The van der Waals surface area contributed by atoms with Crippen LogP contribution in [0, 0.1) is 0 Å². The van der Waals surface area contributed by atoms with E-state index in [1.807, 2.05) is 0 Å². The minimum absolute atomic E-state index is 0.134. The van der Waals surface area contributed by atoms with Gasteiger partial charge in [0.1, 0.15) is 0 Å². The van der Waals surface area contributed by atoms with Crippen LogP contribution in [-0.4, -0.2) is 51.9 Å². The van der Waals surface area contributed by atoms with Gasteiger partial charge < -0.3 is 10.2 Å². The zero-order chi connectivity index (χ0) is 22.3. The minimum Gasteiger partial charge on any atom is -0.352 e. The lowest BCUT2D eigenvalue weighted by molar-refractivity contribution is 0.0947. The molecule has 1 heterocycles. The fraction of sp³-hybridized carbons (Fsp3) is 0.458. The van der Waals surface area contributed by atoms with Crippen molar-refractivity contribution in [2.45, 2.75) is 50.0 Å². The van der Waals surface area contributed by atoms with Crippen LogP contribution in [0.1, 0.15) is 49.4 Å². The summed E-state index contributed by atoms with van der Waals surface area (Å²) in [5, 5.41) is 2.98. The molecule has 0 spiro atoms. The van der Waals surface area contributed by atoms with Crippen LogP contribution in [0.3, 0.4) is 0 Å². The third-order valence-corrected chi connectivity index (χ3v) is 7.82. The maximum Gasteiger partial charge on any atom is 0.264 e. The Kier molecular flexibility index (Phi) is 8.09. The summed E-state index contributed by atoms with van der Waals surface area (Å²) in [6, 6.07) is 15.6. The van der Waals surface area contributed by atoms with E-state index in [9.17, 15) is 13.2 Å². The van der Waals surface area contributed by atoms with E-state index in [1.54, 1.807) is 54.6 Å². The summed E-state index contributed by atoms with van der Waals surface area (Å²) in [5.41, 5.74) is 1.04. The van der Waals surface area contributed by atoms with Gasteiger partial charge in [-0.1, -0.05) is 31.5 Å². The van der Waals surface area contributed by atoms with E-state index in [1.165, 1.54) is 37.0 Å². The van der Waals surface area contributed by atoms with E-state index in [2.05, 4.69) is 17.1 Å². The van der Waals surface area contributed by atoms with E-state index in [-0.39, 0.29) is 10.8 Å². The van der Waals surface area contributed by atoms with E-state index in [0.29, 0.717) is 23.8 Å². The van der Waals surface area contributed by atoms with E-state index in [0.717, 1.165) is 19.5 Å². The highest BCUT2D eigenvalue weighted by Gasteiger charge is 2.21. The summed E-state index contributed by atoms with van der Waals surface area (Å²) >= 11 is 0. The molecule has 0 bridgehead atoms. The zero-order valence-electron chi connectivity index (χ0n) is 18.5. The predicted octanol–water partition coefficient (Wildman–Crippen LogP) is 3.90. The quantitative estimate of drug-likeness (QED) is 0.597. The maximum atomic E-state index is 12.7. The Labute approximate surface area is 186 Å². The Bertz CT molecular complexity index is 946. The second-order valence-corrected chi connectivity index (χ2v) is 10.0. The largest absolute Gasteiger partial charge is 0.352 e. The predicted molar refractivity (Wildman–Crippen MR) is 125 cm³/mol. The summed E-state index contributed by atoms with van der Waals surface area (Å²) in [6.07, 6.45) is 5.99. The number of amides is 1. The Morgan fingerprint density at radius 1 is 1.10 bits per heavy atom. The lowest BCUT2D eigenvalue weighted by atomic mass is 10.00. The average molecular weight is 444 g/mol. The van der Waals surface area contributed by atoms with Gasteiger partial charge in [-0.25, -0.2) is 8.42 Å². The number of likely N-dealkylation sites (tertiary alicyclic amines) is 1. The monoisotopic (exact) mass is 443 g/mol. The topological polar surface area (TPSA) is 69.7 Å². The summed E-state index contributed by atoms with van der Waals surface area (Å²) in [4.78, 5) is 15.2. The molecule has 1 aliphatic rings. The first-order valence-electron chi connectivity index (χ1n) is 11.1. The van der Waals surface area contributed by atoms with Gasteiger partial charge in [-0.2, -0.15) is 0 Å². The number of sulfonamides is 1. The number of carbonyl (C=O) groups excluding carboxylic acids is 1. The number of benzene rings is 2. The minimum atomic E-state index is -3.63. The molecule has 3 rings (SSSR count). The van der Waals surface area contributed by atoms with Crippen LogP contribution < -0.4 is 9.62 Å². The number of hydrogen-bond acceptors (Lipinski definition) is 4. The lowest BCUT2D eigenvalue weighted by Gasteiger charge is -2.35. The maximum absolute atomic E-state index is 12.7. The molecule has 1 amide bonds. The summed E-state index contributed by atoms with van der Waals surface area (Å²) in [7, 11) is -2.12. The fourth-order valence-corrected chi connectivity index (χ4v) is 5.33. The normalized spacial score (nSPS) is 17.3. The molecule has 0 aromatic heterocycles. The van der Waals surface area contributed by atoms with Crippen molar-refractivity contribution in [3.63, 3.8) is 0 Å². The van der Waals surface area contributed by atoms with Crippen molar-refractivity contribution in [2.75, 3.05) is 31.0 Å². The highest BCUT2D eigenvalue weighted by Crippen LogP contribution is 2.22. The molecule has 6 nitrogen and oxygen atoms in total. The Hall–Kier alpha value is -2.38. The number of rotatable bonds is 9. The van der Waals surface area contributed by atoms with Gasteiger partial charge in [0.2, 0.25) is 0 Å². The van der Waals surface area contributed by atoms with Crippen molar-refractivity contribution in [1.29, 1.82) is 0 Å². The van der Waals surface area contributed by atoms with Crippen LogP contribution in [0.15, 0.2) is 59.5 Å². The molecular formula is C24H33N3O3S. The van der Waals surface area contributed by atoms with Gasteiger partial charge in [0.15, 0.2) is 0 Å². The molecule has 1 aliphatic heterocycles. The molecule has 0 saturated carbocycles. The van der Waals surface area contributed by atoms with Gasteiger partial charge in [-0.05, 0) is 68.6 Å². The van der Waals surface area contributed by atoms with Crippen molar-refractivity contribution >= 4 is 21.6 Å². The Morgan fingerprint density at radius 3 is 2.48 bits per heavy atom. The molecule has 1 N–H and O–H groups in total. The van der Waals surface area contributed by atoms with Crippen molar-refractivity contribution in [3.8, 4) is 0 Å². The number of carbonyl (C=O) groups is 1. The van der Waals surface area contributed by atoms with Crippen LogP contribution >= 0.6 is 0 Å². The average Bonchev–Trinajstić information content (AvgIpc) is 2.82. The zero-order valence-corrected chi connectivity index (χ0v) is 19.3. The van der Waals surface area contributed by atoms with Crippen molar-refractivity contribution < 1.29 is 13.2 Å². The molecule has 1 saturated heterocycles. The first kappa shape index (κ1) is 23.3. The van der Waals surface area contributed by atoms with Crippen molar-refractivity contribution in [1.82, 2.24) is 10.2 Å². The second-order valence-electron chi connectivity index (χ2n) is 8.04. The smallest absolute Gasteiger partial charge is 0.264 e. The molecule has 1 atom stereocenters. The van der Waals surface area contributed by atoms with E-state index in [4.69, 9.17) is 0 Å². The summed E-state index contributed by atoms with van der Waals surface area (Å²) in [5.74, 6) is -0.134. The number of nitrogens with one attached hydrogen (secondary N) is 1. The molecule has 31 heavy (non-hydrogen) atoms. The first-order valence-corrected chi connectivity index (χ1v) is 12.5. The van der Waals surface area contributed by atoms with Gasteiger partial charge in [0.25, 0.3) is 15.9 Å². The molecule has 0 radical (unpaired) electrons. The van der Waals surface area contributed by atoms with Gasteiger partial charge >= 0.3 is 0 Å². The third kappa shape index (κ3) is 5.86. The van der Waals surface area contributed by atoms with E-state index < -0.39 is 10.0 Å². The Morgan fingerprint density at radius 2 is 1.81 bits per heavy atom. The SMILES string of the molecule is CC[C@H]1CCCCN1CCCNC(=O)c1ccc(N(C)S(=O)(=O)c2ccccc2)cc1. The number of hydrogen-bond donors (Lipinski definition) is 1. The summed E-state index contributed by atoms with van der Waals surface area (Å²) in [6.45, 7) is 5.06. The molecule has 0 unspecified atom stereocenters. The third-order valence-electron chi connectivity index (χ3n) is 6.02. The van der Waals surface area contributed by atoms with Gasteiger partial charge in [-0.15, -0.1) is 0 Å². The van der Waals surface area contributed by atoms with Crippen LogP contribution in [0.2, 0.25) is 0 Å². The standard InChI is InChI=1S/C24H33N3O3S/c1-3-21-10-7-8-18-27(21)19-9-17-25-24(28)20-13-15-22(16-14-20)26(2)31(29,30)23-11-5-4-6-12-23/h4-6,11-16,21H,3,7-10,17-19H2,1-2H3,(H,25,28)/t21-/m0/s1. The first-order chi connectivity index (χ1) is 14.9. The lowest BCUT2D eigenvalue weighted by Crippen LogP contribution is -2.40. The molecule has 2 aromatic carbocycles. The van der Waals surface area contributed by atoms with E-state index >= 15 is 0 Å². The number of nitrogens with zero attached hydrogens (tertiary/aromatic N) is 2. The molecular weight excluding hydrogens is 410 g/mol. The molecule has 168 valence electrons. The molecule has 1 fully saturated rings. The van der Waals surface area contributed by atoms with Crippen LogP contribution in [-0.2, 0) is 10.0 Å². The van der Waals surface area contributed by atoms with Crippen molar-refractivity contribution in [2.24, 2.45) is 0 Å². The highest BCUT2D eigenvalue weighted by molar-refractivity contribution is 7.92.